The molecule has 104 valence electrons. The van der Waals surface area contributed by atoms with E-state index >= 15 is 0 Å². The first-order valence-corrected chi connectivity index (χ1v) is 6.24. The van der Waals surface area contributed by atoms with Crippen molar-refractivity contribution in [3.05, 3.63) is 0 Å². The minimum Gasteiger partial charge on any atom is -0.481 e. The molecule has 0 bridgehead atoms. The molecule has 0 saturated heterocycles. The smallest absolute Gasteiger partial charge is 0.317 e. The van der Waals surface area contributed by atoms with Crippen molar-refractivity contribution in [1.29, 1.82) is 0 Å². The summed E-state index contributed by atoms with van der Waals surface area (Å²) in [6.07, 6.45) is 2.51. The van der Waals surface area contributed by atoms with Crippen molar-refractivity contribution in [3.8, 4) is 0 Å². The molecule has 1 aliphatic carbocycles. The molecule has 0 unspecified atom stereocenters. The Labute approximate surface area is 108 Å². The molecule has 18 heavy (non-hydrogen) atoms. The summed E-state index contributed by atoms with van der Waals surface area (Å²) in [4.78, 5) is 26.4. The van der Waals surface area contributed by atoms with Crippen molar-refractivity contribution < 1.29 is 14.7 Å². The highest BCUT2D eigenvalue weighted by atomic mass is 16.4. The second-order valence-corrected chi connectivity index (χ2v) is 5.36. The molecule has 6 heteroatoms. The van der Waals surface area contributed by atoms with E-state index in [-0.39, 0.29) is 12.5 Å². The van der Waals surface area contributed by atoms with Crippen LogP contribution in [-0.4, -0.2) is 66.7 Å². The molecule has 0 spiro atoms. The van der Waals surface area contributed by atoms with Crippen LogP contribution in [-0.2, 0) is 4.79 Å². The van der Waals surface area contributed by atoms with Gasteiger partial charge in [0.1, 0.15) is 0 Å². The number of aliphatic carboxylic acids is 1. The quantitative estimate of drug-likeness (QED) is 0.730. The van der Waals surface area contributed by atoms with E-state index in [4.69, 9.17) is 5.11 Å². The Morgan fingerprint density at radius 3 is 2.22 bits per heavy atom. The molecule has 2 N–H and O–H groups in total. The molecule has 0 aromatic carbocycles. The molecule has 0 aromatic rings. The third-order valence-electron chi connectivity index (χ3n) is 3.40. The highest BCUT2D eigenvalue weighted by molar-refractivity contribution is 5.77. The second-order valence-electron chi connectivity index (χ2n) is 5.36. The van der Waals surface area contributed by atoms with Crippen LogP contribution < -0.4 is 5.32 Å². The molecule has 0 atom stereocenters. The molecule has 1 aliphatic rings. The Morgan fingerprint density at radius 1 is 1.22 bits per heavy atom. The van der Waals surface area contributed by atoms with Gasteiger partial charge in [0.15, 0.2) is 0 Å². The van der Waals surface area contributed by atoms with Gasteiger partial charge in [0.2, 0.25) is 0 Å². The molecule has 1 rings (SSSR count). The molecular weight excluding hydrogens is 234 g/mol. The van der Waals surface area contributed by atoms with Crippen LogP contribution in [0.4, 0.5) is 4.79 Å². The molecule has 6 nitrogen and oxygen atoms in total. The maximum absolute atomic E-state index is 11.9. The highest BCUT2D eigenvalue weighted by Gasteiger charge is 2.40. The predicted octanol–water partition coefficient (Wildman–Crippen LogP) is 0.587. The van der Waals surface area contributed by atoms with Gasteiger partial charge in [-0.15, -0.1) is 0 Å². The van der Waals surface area contributed by atoms with Crippen molar-refractivity contribution >= 4 is 12.0 Å². The number of carboxylic acid groups (broad SMARTS) is 1. The van der Waals surface area contributed by atoms with E-state index in [0.29, 0.717) is 6.54 Å². The highest BCUT2D eigenvalue weighted by Crippen LogP contribution is 2.34. The summed E-state index contributed by atoms with van der Waals surface area (Å²) in [7, 11) is 5.62. The summed E-state index contributed by atoms with van der Waals surface area (Å²) in [6, 6.07) is -0.183. The van der Waals surface area contributed by atoms with Gasteiger partial charge in [-0.25, -0.2) is 4.79 Å². The minimum atomic E-state index is -0.856. The summed E-state index contributed by atoms with van der Waals surface area (Å²) >= 11 is 0. The lowest BCUT2D eigenvalue weighted by Crippen LogP contribution is -2.57. The number of carbonyl (C=O) groups is 2. The van der Waals surface area contributed by atoms with Crippen molar-refractivity contribution in [2.24, 2.45) is 0 Å². The number of hydrogen-bond donors (Lipinski definition) is 2. The standard InChI is InChI=1S/C12H23N3O3/c1-14(2)7-8-15(3)11(18)13-12(5-4-6-12)9-10(16)17/h4-9H2,1-3H3,(H,13,18)(H,16,17). The molecule has 0 aliphatic heterocycles. The Morgan fingerprint density at radius 2 is 1.83 bits per heavy atom. The number of carboxylic acids is 1. The minimum absolute atomic E-state index is 0.0141. The average Bonchev–Trinajstić information content (AvgIpc) is 2.21. The topological polar surface area (TPSA) is 72.9 Å². The zero-order valence-corrected chi connectivity index (χ0v) is 11.4. The second kappa shape index (κ2) is 6.04. The Bertz CT molecular complexity index is 314. The van der Waals surface area contributed by atoms with Crippen LogP contribution in [0.5, 0.6) is 0 Å². The van der Waals surface area contributed by atoms with E-state index in [2.05, 4.69) is 5.32 Å². The summed E-state index contributed by atoms with van der Waals surface area (Å²) in [5.74, 6) is -0.856. The Hall–Kier alpha value is -1.30. The van der Waals surface area contributed by atoms with E-state index in [0.717, 1.165) is 25.8 Å². The normalized spacial score (nSPS) is 17.1. The number of rotatable bonds is 6. The SMILES string of the molecule is CN(C)CCN(C)C(=O)NC1(CC(=O)O)CCC1. The van der Waals surface area contributed by atoms with Crippen molar-refractivity contribution in [2.75, 3.05) is 34.2 Å². The number of carbonyl (C=O) groups excluding carboxylic acids is 1. The number of nitrogens with one attached hydrogen (secondary N) is 1. The van der Waals surface area contributed by atoms with Gasteiger partial charge in [0.25, 0.3) is 0 Å². The lowest BCUT2D eigenvalue weighted by molar-refractivity contribution is -0.139. The van der Waals surface area contributed by atoms with Crippen LogP contribution in [0.15, 0.2) is 0 Å². The first-order valence-electron chi connectivity index (χ1n) is 6.24. The fraction of sp³-hybridized carbons (Fsp3) is 0.833. The summed E-state index contributed by atoms with van der Waals surface area (Å²) in [6.45, 7) is 1.41. The largest absolute Gasteiger partial charge is 0.481 e. The lowest BCUT2D eigenvalue weighted by Gasteiger charge is -2.42. The maximum Gasteiger partial charge on any atom is 0.317 e. The average molecular weight is 257 g/mol. The van der Waals surface area contributed by atoms with E-state index < -0.39 is 11.5 Å². The van der Waals surface area contributed by atoms with Gasteiger partial charge in [-0.05, 0) is 33.4 Å². The van der Waals surface area contributed by atoms with Crippen LogP contribution in [0.1, 0.15) is 25.7 Å². The number of likely N-dealkylation sites (N-methyl/N-ethyl adjacent to an activating group) is 2. The zero-order chi connectivity index (χ0) is 13.8. The van der Waals surface area contributed by atoms with Crippen molar-refractivity contribution in [1.82, 2.24) is 15.1 Å². The van der Waals surface area contributed by atoms with Crippen LogP contribution >= 0.6 is 0 Å². The first-order chi connectivity index (χ1) is 8.34. The van der Waals surface area contributed by atoms with E-state index in [9.17, 15) is 9.59 Å². The first kappa shape index (κ1) is 14.8. The third-order valence-corrected chi connectivity index (χ3v) is 3.40. The van der Waals surface area contributed by atoms with Gasteiger partial charge in [0, 0.05) is 20.1 Å². The molecule has 0 radical (unpaired) electrons. The molecule has 0 aromatic heterocycles. The number of hydrogen-bond acceptors (Lipinski definition) is 3. The molecule has 1 saturated carbocycles. The van der Waals surface area contributed by atoms with Crippen LogP contribution in [0.2, 0.25) is 0 Å². The lowest BCUT2D eigenvalue weighted by atomic mass is 9.74. The van der Waals surface area contributed by atoms with Crippen molar-refractivity contribution in [2.45, 2.75) is 31.2 Å². The summed E-state index contributed by atoms with van der Waals surface area (Å²) in [5, 5.41) is 11.7. The molecule has 0 heterocycles. The number of amides is 2. The van der Waals surface area contributed by atoms with E-state index in [1.165, 1.54) is 0 Å². The zero-order valence-electron chi connectivity index (χ0n) is 11.4. The Kier molecular flexibility index (Phi) is 4.95. The van der Waals surface area contributed by atoms with Gasteiger partial charge in [-0.3, -0.25) is 4.79 Å². The van der Waals surface area contributed by atoms with Gasteiger partial charge >= 0.3 is 12.0 Å². The van der Waals surface area contributed by atoms with Crippen LogP contribution in [0, 0.1) is 0 Å². The molecular formula is C12H23N3O3. The van der Waals surface area contributed by atoms with Crippen molar-refractivity contribution in [3.63, 3.8) is 0 Å². The van der Waals surface area contributed by atoms with E-state index in [1.54, 1.807) is 11.9 Å². The van der Waals surface area contributed by atoms with Gasteiger partial charge in [0.05, 0.1) is 12.0 Å². The van der Waals surface area contributed by atoms with Crippen LogP contribution in [0.25, 0.3) is 0 Å². The van der Waals surface area contributed by atoms with Gasteiger partial charge < -0.3 is 20.2 Å². The number of nitrogens with zero attached hydrogens (tertiary/aromatic N) is 2. The van der Waals surface area contributed by atoms with Gasteiger partial charge in [-0.2, -0.15) is 0 Å². The maximum atomic E-state index is 11.9. The monoisotopic (exact) mass is 257 g/mol. The fourth-order valence-electron chi connectivity index (χ4n) is 2.01. The molecule has 2 amide bonds. The summed E-state index contributed by atoms with van der Waals surface area (Å²) in [5.41, 5.74) is -0.519. The number of urea groups is 1. The van der Waals surface area contributed by atoms with E-state index in [1.807, 2.05) is 19.0 Å². The van der Waals surface area contributed by atoms with Gasteiger partial charge in [-0.1, -0.05) is 0 Å². The van der Waals surface area contributed by atoms with Crippen LogP contribution in [0.3, 0.4) is 0 Å². The summed E-state index contributed by atoms with van der Waals surface area (Å²) < 4.78 is 0. The fourth-order valence-corrected chi connectivity index (χ4v) is 2.01. The predicted molar refractivity (Wildman–Crippen MR) is 68.6 cm³/mol. The Balaban J connectivity index is 2.44. The third kappa shape index (κ3) is 4.18. The molecule has 1 fully saturated rings.